The fourth-order valence-corrected chi connectivity index (χ4v) is 4.04. The lowest BCUT2D eigenvalue weighted by molar-refractivity contribution is 0.0779. The standard InChI is InChI=1S/C19H24FN3/c20-16-8-6-15(7-9-16)19-10-11-22(19)13-18-12-21-14-23(18)17-4-2-1-3-5-17/h6-9,12,14,17,19H,1-5,10-11,13H2. The van der Waals surface area contributed by atoms with Crippen molar-refractivity contribution in [1.29, 1.82) is 0 Å². The molecule has 1 aliphatic carbocycles. The van der Waals surface area contributed by atoms with E-state index in [1.807, 2.05) is 24.7 Å². The van der Waals surface area contributed by atoms with Crippen LogP contribution in [0.15, 0.2) is 36.8 Å². The van der Waals surface area contributed by atoms with Crippen molar-refractivity contribution in [2.45, 2.75) is 57.2 Å². The number of hydrogen-bond donors (Lipinski definition) is 0. The van der Waals surface area contributed by atoms with Crippen molar-refractivity contribution in [3.8, 4) is 0 Å². The SMILES string of the molecule is Fc1ccc(C2CCN2Cc2cncn2C2CCCCC2)cc1. The van der Waals surface area contributed by atoms with E-state index < -0.39 is 0 Å². The Kier molecular flexibility index (Phi) is 4.17. The summed E-state index contributed by atoms with van der Waals surface area (Å²) < 4.78 is 15.5. The van der Waals surface area contributed by atoms with E-state index in [1.54, 1.807) is 12.1 Å². The molecule has 1 aromatic carbocycles. The van der Waals surface area contributed by atoms with Crippen LogP contribution in [0.3, 0.4) is 0 Å². The minimum Gasteiger partial charge on any atom is -0.330 e. The van der Waals surface area contributed by atoms with Crippen molar-refractivity contribution in [3.63, 3.8) is 0 Å². The first-order valence-corrected chi connectivity index (χ1v) is 8.81. The molecular formula is C19H24FN3. The Balaban J connectivity index is 1.46. The van der Waals surface area contributed by atoms with E-state index in [2.05, 4.69) is 14.5 Å². The lowest BCUT2D eigenvalue weighted by Gasteiger charge is -2.41. The van der Waals surface area contributed by atoms with E-state index in [4.69, 9.17) is 0 Å². The molecule has 122 valence electrons. The molecule has 2 aliphatic rings. The van der Waals surface area contributed by atoms with Crippen LogP contribution in [0.1, 0.15) is 61.9 Å². The normalized spacial score (nSPS) is 22.9. The molecule has 1 aliphatic heterocycles. The first-order chi connectivity index (χ1) is 11.3. The summed E-state index contributed by atoms with van der Waals surface area (Å²) in [7, 11) is 0. The zero-order valence-corrected chi connectivity index (χ0v) is 13.5. The van der Waals surface area contributed by atoms with Gasteiger partial charge in [0.2, 0.25) is 0 Å². The molecule has 4 rings (SSSR count). The van der Waals surface area contributed by atoms with E-state index in [0.29, 0.717) is 12.1 Å². The summed E-state index contributed by atoms with van der Waals surface area (Å²) >= 11 is 0. The van der Waals surface area contributed by atoms with Gasteiger partial charge in [-0.2, -0.15) is 0 Å². The molecule has 0 radical (unpaired) electrons. The molecule has 0 bridgehead atoms. The average Bonchev–Trinajstić information content (AvgIpc) is 3.03. The molecular weight excluding hydrogens is 289 g/mol. The molecule has 2 heterocycles. The third kappa shape index (κ3) is 3.05. The zero-order valence-electron chi connectivity index (χ0n) is 13.5. The third-order valence-electron chi connectivity index (χ3n) is 5.46. The summed E-state index contributed by atoms with van der Waals surface area (Å²) in [5.74, 6) is -0.157. The first kappa shape index (κ1) is 14.9. The fraction of sp³-hybridized carbons (Fsp3) is 0.526. The first-order valence-electron chi connectivity index (χ1n) is 8.81. The molecule has 0 amide bonds. The lowest BCUT2D eigenvalue weighted by atomic mass is 9.94. The van der Waals surface area contributed by atoms with E-state index in [9.17, 15) is 4.39 Å². The molecule has 1 saturated carbocycles. The molecule has 1 aromatic heterocycles. The van der Waals surface area contributed by atoms with Crippen molar-refractivity contribution in [1.82, 2.24) is 14.5 Å². The number of aromatic nitrogens is 2. The Bertz CT molecular complexity index is 643. The highest BCUT2D eigenvalue weighted by Gasteiger charge is 2.30. The second-order valence-corrected chi connectivity index (χ2v) is 6.91. The van der Waals surface area contributed by atoms with Gasteiger partial charge in [0.05, 0.1) is 12.0 Å². The van der Waals surface area contributed by atoms with Gasteiger partial charge in [-0.1, -0.05) is 31.4 Å². The highest BCUT2D eigenvalue weighted by Crippen LogP contribution is 2.35. The Morgan fingerprint density at radius 1 is 1.04 bits per heavy atom. The maximum atomic E-state index is 13.1. The van der Waals surface area contributed by atoms with Gasteiger partial charge < -0.3 is 4.57 Å². The topological polar surface area (TPSA) is 21.1 Å². The van der Waals surface area contributed by atoms with E-state index in [-0.39, 0.29) is 5.82 Å². The molecule has 23 heavy (non-hydrogen) atoms. The van der Waals surface area contributed by atoms with E-state index >= 15 is 0 Å². The molecule has 0 spiro atoms. The third-order valence-corrected chi connectivity index (χ3v) is 5.46. The maximum Gasteiger partial charge on any atom is 0.123 e. The van der Waals surface area contributed by atoms with Gasteiger partial charge in [0.15, 0.2) is 0 Å². The number of nitrogens with zero attached hydrogens (tertiary/aromatic N) is 3. The smallest absolute Gasteiger partial charge is 0.123 e. The van der Waals surface area contributed by atoms with Crippen LogP contribution in [-0.2, 0) is 6.54 Å². The summed E-state index contributed by atoms with van der Waals surface area (Å²) in [5.41, 5.74) is 2.55. The van der Waals surface area contributed by atoms with Crippen molar-refractivity contribution in [2.24, 2.45) is 0 Å². The van der Waals surface area contributed by atoms with Crippen molar-refractivity contribution < 1.29 is 4.39 Å². The minimum atomic E-state index is -0.157. The van der Waals surface area contributed by atoms with E-state index in [1.165, 1.54) is 43.4 Å². The largest absolute Gasteiger partial charge is 0.330 e. The van der Waals surface area contributed by atoms with Crippen LogP contribution >= 0.6 is 0 Å². The van der Waals surface area contributed by atoms with Gasteiger partial charge in [-0.25, -0.2) is 9.37 Å². The number of halogens is 1. The Hall–Kier alpha value is -1.68. The van der Waals surface area contributed by atoms with Gasteiger partial charge in [-0.15, -0.1) is 0 Å². The molecule has 0 N–H and O–H groups in total. The van der Waals surface area contributed by atoms with E-state index in [0.717, 1.165) is 19.5 Å². The second-order valence-electron chi connectivity index (χ2n) is 6.91. The number of rotatable bonds is 4. The minimum absolute atomic E-state index is 0.157. The molecule has 2 aromatic rings. The van der Waals surface area contributed by atoms with Gasteiger partial charge >= 0.3 is 0 Å². The van der Waals surface area contributed by atoms with Crippen LogP contribution in [0.25, 0.3) is 0 Å². The summed E-state index contributed by atoms with van der Waals surface area (Å²) in [6.45, 7) is 2.05. The molecule has 1 unspecified atom stereocenters. The summed E-state index contributed by atoms with van der Waals surface area (Å²) in [6, 6.07) is 8.03. The Morgan fingerprint density at radius 2 is 1.83 bits per heavy atom. The number of benzene rings is 1. The number of likely N-dealkylation sites (tertiary alicyclic amines) is 1. The molecule has 1 saturated heterocycles. The van der Waals surface area contributed by atoms with Gasteiger partial charge in [-0.05, 0) is 37.0 Å². The van der Waals surface area contributed by atoms with Gasteiger partial charge in [0.25, 0.3) is 0 Å². The second kappa shape index (κ2) is 6.44. The van der Waals surface area contributed by atoms with Crippen LogP contribution < -0.4 is 0 Å². The van der Waals surface area contributed by atoms with Gasteiger partial charge in [-0.3, -0.25) is 4.90 Å². The average molecular weight is 313 g/mol. The molecule has 4 heteroatoms. The summed E-state index contributed by atoms with van der Waals surface area (Å²) in [6.07, 6.45) is 11.8. The van der Waals surface area contributed by atoms with Crippen LogP contribution in [0.4, 0.5) is 4.39 Å². The maximum absolute atomic E-state index is 13.1. The molecule has 3 nitrogen and oxygen atoms in total. The Labute approximate surface area is 137 Å². The Morgan fingerprint density at radius 3 is 2.52 bits per heavy atom. The highest BCUT2D eigenvalue weighted by molar-refractivity contribution is 5.22. The predicted octanol–water partition coefficient (Wildman–Crippen LogP) is 4.47. The number of hydrogen-bond acceptors (Lipinski definition) is 2. The van der Waals surface area contributed by atoms with Crippen molar-refractivity contribution >= 4 is 0 Å². The molecule has 2 fully saturated rings. The fourth-order valence-electron chi connectivity index (χ4n) is 4.04. The predicted molar refractivity (Wildman–Crippen MR) is 88.5 cm³/mol. The van der Waals surface area contributed by atoms with Crippen LogP contribution in [0.2, 0.25) is 0 Å². The van der Waals surface area contributed by atoms with Crippen LogP contribution in [0, 0.1) is 5.82 Å². The van der Waals surface area contributed by atoms with Gasteiger partial charge in [0, 0.05) is 31.4 Å². The lowest BCUT2D eigenvalue weighted by Crippen LogP contribution is -2.40. The van der Waals surface area contributed by atoms with Crippen LogP contribution in [-0.4, -0.2) is 21.0 Å². The highest BCUT2D eigenvalue weighted by atomic mass is 19.1. The van der Waals surface area contributed by atoms with Crippen molar-refractivity contribution in [2.75, 3.05) is 6.54 Å². The quantitative estimate of drug-likeness (QED) is 0.830. The zero-order chi connectivity index (χ0) is 15.6. The van der Waals surface area contributed by atoms with Crippen molar-refractivity contribution in [3.05, 3.63) is 53.9 Å². The number of imidazole rings is 1. The van der Waals surface area contributed by atoms with Crippen LogP contribution in [0.5, 0.6) is 0 Å². The summed E-state index contributed by atoms with van der Waals surface area (Å²) in [4.78, 5) is 6.88. The summed E-state index contributed by atoms with van der Waals surface area (Å²) in [5, 5.41) is 0. The van der Waals surface area contributed by atoms with Gasteiger partial charge in [0.1, 0.15) is 5.82 Å². The molecule has 1 atom stereocenters. The monoisotopic (exact) mass is 313 g/mol.